The van der Waals surface area contributed by atoms with Crippen LogP contribution in [-0.2, 0) is 0 Å². The van der Waals surface area contributed by atoms with E-state index >= 15 is 0 Å². The van der Waals surface area contributed by atoms with Gasteiger partial charge in [0.1, 0.15) is 5.69 Å². The van der Waals surface area contributed by atoms with Crippen LogP contribution in [0.3, 0.4) is 0 Å². The highest BCUT2D eigenvalue weighted by Gasteiger charge is 2.19. The van der Waals surface area contributed by atoms with E-state index in [4.69, 9.17) is 0 Å². The quantitative estimate of drug-likeness (QED) is 0.908. The smallest absolute Gasteiger partial charge is 0.272 e. The van der Waals surface area contributed by atoms with Crippen LogP contribution >= 0.6 is 0 Å². The molecule has 5 heteroatoms. The average molecular weight is 317 g/mol. The van der Waals surface area contributed by atoms with Crippen LogP contribution in [0.1, 0.15) is 66.8 Å². The second kappa shape index (κ2) is 8.65. The number of hydrogen-bond donors (Lipinski definition) is 1. The number of carbonyl (C=O) groups excluding carboxylic acids is 2. The van der Waals surface area contributed by atoms with Gasteiger partial charge in [-0.15, -0.1) is 0 Å². The van der Waals surface area contributed by atoms with Crippen molar-refractivity contribution in [2.24, 2.45) is 5.92 Å². The molecule has 2 heterocycles. The molecule has 126 valence electrons. The highest BCUT2D eigenvalue weighted by Crippen LogP contribution is 2.13. The first-order valence-corrected chi connectivity index (χ1v) is 8.61. The molecule has 5 nitrogen and oxygen atoms in total. The minimum atomic E-state index is -0.141. The number of carbonyl (C=O) groups is 2. The van der Waals surface area contributed by atoms with E-state index in [-0.39, 0.29) is 11.8 Å². The molecule has 1 aliphatic rings. The van der Waals surface area contributed by atoms with E-state index in [1.165, 1.54) is 12.8 Å². The highest BCUT2D eigenvalue weighted by atomic mass is 16.2. The summed E-state index contributed by atoms with van der Waals surface area (Å²) in [6, 6.07) is 3.27. The largest absolute Gasteiger partial charge is 0.352 e. The van der Waals surface area contributed by atoms with Crippen LogP contribution in [0.15, 0.2) is 18.3 Å². The van der Waals surface area contributed by atoms with Crippen molar-refractivity contribution in [2.75, 3.05) is 19.6 Å². The molecule has 0 saturated carbocycles. The first kappa shape index (κ1) is 17.4. The fraction of sp³-hybridized carbons (Fsp3) is 0.611. The molecule has 0 spiro atoms. The normalized spacial score (nSPS) is 15.3. The summed E-state index contributed by atoms with van der Waals surface area (Å²) >= 11 is 0. The van der Waals surface area contributed by atoms with Crippen LogP contribution in [0.2, 0.25) is 0 Å². The predicted octanol–water partition coefficient (Wildman–Crippen LogP) is 2.87. The maximum absolute atomic E-state index is 12.6. The maximum atomic E-state index is 12.6. The maximum Gasteiger partial charge on any atom is 0.272 e. The molecule has 2 amide bonds. The monoisotopic (exact) mass is 317 g/mol. The molecule has 1 aromatic rings. The van der Waals surface area contributed by atoms with Gasteiger partial charge >= 0.3 is 0 Å². The third-order valence-corrected chi connectivity index (χ3v) is 4.14. The van der Waals surface area contributed by atoms with Gasteiger partial charge in [-0.25, -0.2) is 0 Å². The third kappa shape index (κ3) is 5.34. The summed E-state index contributed by atoms with van der Waals surface area (Å²) in [6.07, 6.45) is 6.92. The predicted molar refractivity (Wildman–Crippen MR) is 90.4 cm³/mol. The topological polar surface area (TPSA) is 62.3 Å². The Labute approximate surface area is 138 Å². The lowest BCUT2D eigenvalue weighted by Gasteiger charge is -2.19. The summed E-state index contributed by atoms with van der Waals surface area (Å²) < 4.78 is 0. The zero-order valence-electron chi connectivity index (χ0n) is 14.2. The van der Waals surface area contributed by atoms with Crippen molar-refractivity contribution in [3.8, 4) is 0 Å². The zero-order chi connectivity index (χ0) is 16.7. The molecule has 23 heavy (non-hydrogen) atoms. The van der Waals surface area contributed by atoms with Crippen LogP contribution in [0.5, 0.6) is 0 Å². The molecule has 2 rings (SSSR count). The van der Waals surface area contributed by atoms with E-state index in [2.05, 4.69) is 24.1 Å². The van der Waals surface area contributed by atoms with Crippen molar-refractivity contribution < 1.29 is 9.59 Å². The fourth-order valence-corrected chi connectivity index (χ4v) is 2.70. The zero-order valence-corrected chi connectivity index (χ0v) is 14.2. The van der Waals surface area contributed by atoms with Crippen LogP contribution in [0, 0.1) is 5.92 Å². The molecule has 0 unspecified atom stereocenters. The summed E-state index contributed by atoms with van der Waals surface area (Å²) in [5.41, 5.74) is 0.866. The molecule has 1 aliphatic heterocycles. The average Bonchev–Trinajstić information content (AvgIpc) is 2.83. The van der Waals surface area contributed by atoms with Crippen molar-refractivity contribution in [1.29, 1.82) is 0 Å². The van der Waals surface area contributed by atoms with Gasteiger partial charge in [-0.3, -0.25) is 14.6 Å². The second-order valence-corrected chi connectivity index (χ2v) is 6.57. The Morgan fingerprint density at radius 2 is 1.91 bits per heavy atom. The number of amides is 2. The summed E-state index contributed by atoms with van der Waals surface area (Å²) in [5, 5.41) is 2.89. The first-order chi connectivity index (χ1) is 11.1. The van der Waals surface area contributed by atoms with Gasteiger partial charge < -0.3 is 10.2 Å². The number of aromatic nitrogens is 1. The number of rotatable bonds is 5. The van der Waals surface area contributed by atoms with Gasteiger partial charge in [-0.05, 0) is 37.3 Å². The molecule has 1 N–H and O–H groups in total. The summed E-state index contributed by atoms with van der Waals surface area (Å²) in [5.74, 6) is 0.342. The minimum Gasteiger partial charge on any atom is -0.352 e. The molecular formula is C18H27N3O2. The van der Waals surface area contributed by atoms with Gasteiger partial charge in [0.2, 0.25) is 0 Å². The van der Waals surface area contributed by atoms with Gasteiger partial charge in [0.25, 0.3) is 11.8 Å². The number of nitrogens with zero attached hydrogens (tertiary/aromatic N) is 2. The minimum absolute atomic E-state index is 0.0660. The standard InChI is InChI=1S/C18H27N3O2/c1-14(2)7-9-20-17(22)15-8-10-19-16(13-15)18(23)21-11-5-3-4-6-12-21/h8,10,13-14H,3-7,9,11-12H2,1-2H3,(H,20,22). The Kier molecular flexibility index (Phi) is 6.56. The summed E-state index contributed by atoms with van der Waals surface area (Å²) in [4.78, 5) is 30.8. The number of likely N-dealkylation sites (tertiary alicyclic amines) is 1. The molecule has 0 aromatic carbocycles. The van der Waals surface area contributed by atoms with Gasteiger partial charge in [0, 0.05) is 31.4 Å². The first-order valence-electron chi connectivity index (χ1n) is 8.61. The lowest BCUT2D eigenvalue weighted by atomic mass is 10.1. The van der Waals surface area contributed by atoms with Crippen LogP contribution in [0.25, 0.3) is 0 Å². The Hall–Kier alpha value is -1.91. The Bertz CT molecular complexity index is 535. The van der Waals surface area contributed by atoms with Crippen molar-refractivity contribution >= 4 is 11.8 Å². The third-order valence-electron chi connectivity index (χ3n) is 4.14. The van der Waals surface area contributed by atoms with Crippen molar-refractivity contribution in [1.82, 2.24) is 15.2 Å². The van der Waals surface area contributed by atoms with E-state index in [9.17, 15) is 9.59 Å². The van der Waals surface area contributed by atoms with E-state index in [0.29, 0.717) is 23.7 Å². The summed E-state index contributed by atoms with van der Waals surface area (Å²) in [6.45, 7) is 6.46. The second-order valence-electron chi connectivity index (χ2n) is 6.57. The van der Waals surface area contributed by atoms with E-state index in [0.717, 1.165) is 32.4 Å². The van der Waals surface area contributed by atoms with Crippen LogP contribution in [-0.4, -0.2) is 41.3 Å². The van der Waals surface area contributed by atoms with Crippen LogP contribution in [0.4, 0.5) is 0 Å². The van der Waals surface area contributed by atoms with Crippen molar-refractivity contribution in [2.45, 2.75) is 46.0 Å². The fourth-order valence-electron chi connectivity index (χ4n) is 2.70. The van der Waals surface area contributed by atoms with Gasteiger partial charge in [0.15, 0.2) is 0 Å². The number of pyridine rings is 1. The lowest BCUT2D eigenvalue weighted by molar-refractivity contribution is 0.0755. The van der Waals surface area contributed by atoms with Gasteiger partial charge in [0.05, 0.1) is 0 Å². The number of nitrogens with one attached hydrogen (secondary N) is 1. The molecule has 1 aromatic heterocycles. The lowest BCUT2D eigenvalue weighted by Crippen LogP contribution is -2.33. The van der Waals surface area contributed by atoms with Crippen molar-refractivity contribution in [3.05, 3.63) is 29.6 Å². The van der Waals surface area contributed by atoms with E-state index in [1.54, 1.807) is 18.3 Å². The Balaban J connectivity index is 2.00. The molecule has 1 fully saturated rings. The summed E-state index contributed by atoms with van der Waals surface area (Å²) in [7, 11) is 0. The molecule has 0 bridgehead atoms. The van der Waals surface area contributed by atoms with Gasteiger partial charge in [-0.1, -0.05) is 26.7 Å². The molecular weight excluding hydrogens is 290 g/mol. The molecule has 0 radical (unpaired) electrons. The molecule has 0 atom stereocenters. The molecule has 1 saturated heterocycles. The highest BCUT2D eigenvalue weighted by molar-refractivity contribution is 5.98. The Morgan fingerprint density at radius 3 is 2.57 bits per heavy atom. The molecule has 0 aliphatic carbocycles. The van der Waals surface area contributed by atoms with Crippen LogP contribution < -0.4 is 5.32 Å². The number of hydrogen-bond acceptors (Lipinski definition) is 3. The van der Waals surface area contributed by atoms with Crippen molar-refractivity contribution in [3.63, 3.8) is 0 Å². The Morgan fingerprint density at radius 1 is 1.22 bits per heavy atom. The van der Waals surface area contributed by atoms with E-state index < -0.39 is 0 Å². The SMILES string of the molecule is CC(C)CCNC(=O)c1ccnc(C(=O)N2CCCCCC2)c1. The van der Waals surface area contributed by atoms with Gasteiger partial charge in [-0.2, -0.15) is 0 Å². The van der Waals surface area contributed by atoms with E-state index in [1.807, 2.05) is 4.90 Å².